The van der Waals surface area contributed by atoms with Gasteiger partial charge in [-0.2, -0.15) is 0 Å². The highest BCUT2D eigenvalue weighted by Crippen LogP contribution is 2.07. The van der Waals surface area contributed by atoms with Gasteiger partial charge in [-0.25, -0.2) is 4.98 Å². The minimum atomic E-state index is 0.209. The van der Waals surface area contributed by atoms with E-state index < -0.39 is 0 Å². The summed E-state index contributed by atoms with van der Waals surface area (Å²) in [5.41, 5.74) is 1.06. The second-order valence-electron chi connectivity index (χ2n) is 4.30. The van der Waals surface area contributed by atoms with Gasteiger partial charge in [-0.1, -0.05) is 0 Å². The molecule has 1 N–H and O–H groups in total. The number of aromatic nitrogens is 1. The monoisotopic (exact) mass is 269 g/mol. The Balaban J connectivity index is 1.61. The number of nitrogens with zero attached hydrogens (tertiary/aromatic N) is 2. The molecule has 1 saturated heterocycles. The molecule has 0 atom stereocenters. The lowest BCUT2D eigenvalue weighted by Gasteiger charge is -2.26. The maximum absolute atomic E-state index is 11.8. The minimum Gasteiger partial charge on any atom is -0.378 e. The first-order valence-corrected chi connectivity index (χ1v) is 7.11. The van der Waals surface area contributed by atoms with Gasteiger partial charge < -0.3 is 15.0 Å². The van der Waals surface area contributed by atoms with E-state index in [1.54, 1.807) is 11.3 Å². The minimum absolute atomic E-state index is 0.209. The Kier molecular flexibility index (Phi) is 5.10. The molecule has 1 aromatic heterocycles. The van der Waals surface area contributed by atoms with Crippen molar-refractivity contribution in [3.05, 3.63) is 16.1 Å². The summed E-state index contributed by atoms with van der Waals surface area (Å²) in [5.74, 6) is 0.209. The Morgan fingerprint density at radius 2 is 2.33 bits per heavy atom. The number of rotatable bonds is 5. The SMILES string of the molecule is Cc1csc(CNCCC(=O)N2CCOCC2)n1. The van der Waals surface area contributed by atoms with Crippen molar-refractivity contribution in [3.8, 4) is 0 Å². The molecule has 0 spiro atoms. The summed E-state index contributed by atoms with van der Waals surface area (Å²) >= 11 is 1.65. The largest absolute Gasteiger partial charge is 0.378 e. The van der Waals surface area contributed by atoms with Gasteiger partial charge in [0, 0.05) is 43.7 Å². The summed E-state index contributed by atoms with van der Waals surface area (Å²) in [6, 6.07) is 0. The van der Waals surface area contributed by atoms with Crippen LogP contribution in [0, 0.1) is 6.92 Å². The fourth-order valence-corrected chi connectivity index (χ4v) is 2.59. The molecule has 1 aliphatic rings. The number of aryl methyl sites for hydroxylation is 1. The van der Waals surface area contributed by atoms with Crippen LogP contribution in [0.4, 0.5) is 0 Å². The first-order valence-electron chi connectivity index (χ1n) is 6.23. The van der Waals surface area contributed by atoms with Crippen LogP contribution in [0.1, 0.15) is 17.1 Å². The van der Waals surface area contributed by atoms with Crippen molar-refractivity contribution >= 4 is 17.2 Å². The zero-order valence-corrected chi connectivity index (χ0v) is 11.5. The van der Waals surface area contributed by atoms with Crippen molar-refractivity contribution < 1.29 is 9.53 Å². The molecule has 100 valence electrons. The molecular formula is C12H19N3O2S. The summed E-state index contributed by atoms with van der Waals surface area (Å²) in [6.45, 7) is 6.22. The van der Waals surface area contributed by atoms with Gasteiger partial charge in [0.05, 0.1) is 13.2 Å². The number of carbonyl (C=O) groups excluding carboxylic acids is 1. The van der Waals surface area contributed by atoms with Crippen LogP contribution in [0.3, 0.4) is 0 Å². The second kappa shape index (κ2) is 6.82. The summed E-state index contributed by atoms with van der Waals surface area (Å²) in [6.07, 6.45) is 0.546. The summed E-state index contributed by atoms with van der Waals surface area (Å²) in [4.78, 5) is 18.1. The predicted molar refractivity (Wildman–Crippen MR) is 70.6 cm³/mol. The molecule has 2 heterocycles. The Labute approximate surface area is 111 Å². The van der Waals surface area contributed by atoms with Crippen LogP contribution in [0.5, 0.6) is 0 Å². The third-order valence-corrected chi connectivity index (χ3v) is 3.79. The van der Waals surface area contributed by atoms with E-state index in [1.165, 1.54) is 0 Å². The number of amides is 1. The van der Waals surface area contributed by atoms with Gasteiger partial charge in [0.2, 0.25) is 5.91 Å². The van der Waals surface area contributed by atoms with Crippen LogP contribution < -0.4 is 5.32 Å². The molecule has 1 aliphatic heterocycles. The lowest BCUT2D eigenvalue weighted by molar-refractivity contribution is -0.135. The number of morpholine rings is 1. The van der Waals surface area contributed by atoms with E-state index in [9.17, 15) is 4.79 Å². The number of ether oxygens (including phenoxy) is 1. The second-order valence-corrected chi connectivity index (χ2v) is 5.25. The molecule has 0 saturated carbocycles. The highest BCUT2D eigenvalue weighted by molar-refractivity contribution is 7.09. The Bertz CT molecular complexity index is 388. The van der Waals surface area contributed by atoms with Gasteiger partial charge >= 0.3 is 0 Å². The lowest BCUT2D eigenvalue weighted by atomic mass is 10.3. The standard InChI is InChI=1S/C12H19N3O2S/c1-10-9-18-11(14-10)8-13-3-2-12(16)15-4-6-17-7-5-15/h9,13H,2-8H2,1H3. The Morgan fingerprint density at radius 1 is 1.56 bits per heavy atom. The topological polar surface area (TPSA) is 54.5 Å². The molecule has 18 heavy (non-hydrogen) atoms. The summed E-state index contributed by atoms with van der Waals surface area (Å²) in [7, 11) is 0. The maximum atomic E-state index is 11.8. The zero-order valence-electron chi connectivity index (χ0n) is 10.6. The Morgan fingerprint density at radius 3 is 3.00 bits per heavy atom. The number of nitrogens with one attached hydrogen (secondary N) is 1. The predicted octanol–water partition coefficient (Wildman–Crippen LogP) is 0.790. The van der Waals surface area contributed by atoms with E-state index in [4.69, 9.17) is 4.74 Å². The molecule has 1 aromatic rings. The zero-order chi connectivity index (χ0) is 12.8. The van der Waals surface area contributed by atoms with Gasteiger partial charge in [0.25, 0.3) is 0 Å². The van der Waals surface area contributed by atoms with Crippen LogP contribution in [0.2, 0.25) is 0 Å². The van der Waals surface area contributed by atoms with Crippen LogP contribution in [-0.4, -0.2) is 48.6 Å². The van der Waals surface area contributed by atoms with E-state index in [1.807, 2.05) is 17.2 Å². The van der Waals surface area contributed by atoms with Gasteiger partial charge in [0.15, 0.2) is 0 Å². The quantitative estimate of drug-likeness (QED) is 0.803. The van der Waals surface area contributed by atoms with Crippen LogP contribution >= 0.6 is 11.3 Å². The van der Waals surface area contributed by atoms with E-state index >= 15 is 0 Å². The van der Waals surface area contributed by atoms with Crippen molar-refractivity contribution in [2.24, 2.45) is 0 Å². The van der Waals surface area contributed by atoms with Crippen molar-refractivity contribution in [1.82, 2.24) is 15.2 Å². The van der Waals surface area contributed by atoms with Crippen molar-refractivity contribution in [1.29, 1.82) is 0 Å². The van der Waals surface area contributed by atoms with Crippen LogP contribution in [0.15, 0.2) is 5.38 Å². The average molecular weight is 269 g/mol. The molecule has 2 rings (SSSR count). The third-order valence-electron chi connectivity index (χ3n) is 2.82. The van der Waals surface area contributed by atoms with E-state index in [2.05, 4.69) is 10.3 Å². The van der Waals surface area contributed by atoms with Gasteiger partial charge in [-0.05, 0) is 6.92 Å². The normalized spacial score (nSPS) is 15.9. The molecule has 0 aliphatic carbocycles. The van der Waals surface area contributed by atoms with E-state index in [0.29, 0.717) is 26.2 Å². The lowest BCUT2D eigenvalue weighted by Crippen LogP contribution is -2.41. The summed E-state index contributed by atoms with van der Waals surface area (Å²) < 4.78 is 5.22. The third kappa shape index (κ3) is 4.04. The van der Waals surface area contributed by atoms with Crippen molar-refractivity contribution in [3.63, 3.8) is 0 Å². The molecule has 0 bridgehead atoms. The molecular weight excluding hydrogens is 250 g/mol. The smallest absolute Gasteiger partial charge is 0.224 e. The average Bonchev–Trinajstić information content (AvgIpc) is 2.81. The Hall–Kier alpha value is -0.980. The van der Waals surface area contributed by atoms with E-state index in [0.717, 1.165) is 30.3 Å². The summed E-state index contributed by atoms with van der Waals surface area (Å²) in [5, 5.41) is 6.37. The van der Waals surface area contributed by atoms with Crippen molar-refractivity contribution in [2.75, 3.05) is 32.8 Å². The highest BCUT2D eigenvalue weighted by atomic mass is 32.1. The molecule has 1 amide bonds. The number of hydrogen-bond donors (Lipinski definition) is 1. The number of hydrogen-bond acceptors (Lipinski definition) is 5. The molecule has 6 heteroatoms. The van der Waals surface area contributed by atoms with Gasteiger partial charge in [-0.3, -0.25) is 4.79 Å². The van der Waals surface area contributed by atoms with Crippen LogP contribution in [-0.2, 0) is 16.1 Å². The first-order chi connectivity index (χ1) is 8.75. The molecule has 0 radical (unpaired) electrons. The number of thiazole rings is 1. The fraction of sp³-hybridized carbons (Fsp3) is 0.667. The van der Waals surface area contributed by atoms with Gasteiger partial charge in [-0.15, -0.1) is 11.3 Å². The highest BCUT2D eigenvalue weighted by Gasteiger charge is 2.15. The van der Waals surface area contributed by atoms with Crippen molar-refractivity contribution in [2.45, 2.75) is 19.9 Å². The fourth-order valence-electron chi connectivity index (χ4n) is 1.85. The molecule has 5 nitrogen and oxygen atoms in total. The maximum Gasteiger partial charge on any atom is 0.224 e. The van der Waals surface area contributed by atoms with E-state index in [-0.39, 0.29) is 5.91 Å². The molecule has 1 fully saturated rings. The molecule has 0 aromatic carbocycles. The number of carbonyl (C=O) groups is 1. The first kappa shape index (κ1) is 13.5. The molecule has 0 unspecified atom stereocenters. The van der Waals surface area contributed by atoms with Crippen LogP contribution in [0.25, 0.3) is 0 Å². The van der Waals surface area contributed by atoms with Gasteiger partial charge in [0.1, 0.15) is 5.01 Å².